The van der Waals surface area contributed by atoms with Crippen LogP contribution in [0.4, 0.5) is 18.9 Å². The van der Waals surface area contributed by atoms with Crippen molar-refractivity contribution in [3.05, 3.63) is 46.4 Å². The van der Waals surface area contributed by atoms with Crippen molar-refractivity contribution < 1.29 is 18.1 Å². The molecule has 0 heterocycles. The van der Waals surface area contributed by atoms with Crippen molar-refractivity contribution in [3.63, 3.8) is 0 Å². The van der Waals surface area contributed by atoms with Crippen LogP contribution >= 0.6 is 0 Å². The van der Waals surface area contributed by atoms with Crippen LogP contribution in [0, 0.1) is 17.0 Å². The van der Waals surface area contributed by atoms with Crippen molar-refractivity contribution in [1.29, 1.82) is 0 Å². The number of hydrogen-bond donors (Lipinski definition) is 0. The maximum absolute atomic E-state index is 12.2. The Kier molecular flexibility index (Phi) is 2.46. The van der Waals surface area contributed by atoms with E-state index in [0.717, 1.165) is 12.1 Å². The van der Waals surface area contributed by atoms with Crippen LogP contribution in [-0.4, -0.2) is 4.92 Å². The van der Waals surface area contributed by atoms with Crippen LogP contribution in [0.25, 0.3) is 0 Å². The van der Waals surface area contributed by atoms with E-state index in [0.29, 0.717) is 6.07 Å². The van der Waals surface area contributed by atoms with Gasteiger partial charge in [-0.3, -0.25) is 10.1 Å². The topological polar surface area (TPSA) is 43.1 Å². The van der Waals surface area contributed by atoms with Crippen LogP contribution in [0.1, 0.15) is 11.1 Å². The second-order valence-corrected chi connectivity index (χ2v) is 2.61. The van der Waals surface area contributed by atoms with E-state index in [2.05, 4.69) is 6.92 Å². The highest BCUT2D eigenvalue weighted by atomic mass is 19.4. The van der Waals surface area contributed by atoms with Gasteiger partial charge < -0.3 is 0 Å². The molecule has 0 fully saturated rings. The highest BCUT2D eigenvalue weighted by molar-refractivity contribution is 5.45. The number of nitro benzene ring substituents is 1. The summed E-state index contributed by atoms with van der Waals surface area (Å²) in [5.41, 5.74) is -2.05. The molecule has 0 bridgehead atoms. The van der Waals surface area contributed by atoms with Gasteiger partial charge in [0.25, 0.3) is 5.69 Å². The summed E-state index contributed by atoms with van der Waals surface area (Å²) in [6.07, 6.45) is -4.71. The molecule has 0 saturated carbocycles. The lowest BCUT2D eigenvalue weighted by molar-refractivity contribution is -0.388. The lowest BCUT2D eigenvalue weighted by atomic mass is 10.1. The third-order valence-electron chi connectivity index (χ3n) is 1.56. The molecule has 0 aromatic heterocycles. The number of hydrogen-bond acceptors (Lipinski definition) is 2. The van der Waals surface area contributed by atoms with Gasteiger partial charge in [-0.2, -0.15) is 13.2 Å². The van der Waals surface area contributed by atoms with Crippen molar-refractivity contribution in [2.24, 2.45) is 0 Å². The summed E-state index contributed by atoms with van der Waals surface area (Å²) in [5, 5.41) is 10.3. The molecule has 1 radical (unpaired) electrons. The Morgan fingerprint density at radius 2 is 1.93 bits per heavy atom. The van der Waals surface area contributed by atoms with E-state index in [1.165, 1.54) is 0 Å². The number of halogens is 3. The van der Waals surface area contributed by atoms with Crippen molar-refractivity contribution in [2.45, 2.75) is 6.18 Å². The smallest absolute Gasteiger partial charge is 0.258 e. The van der Waals surface area contributed by atoms with Crippen molar-refractivity contribution in [3.8, 4) is 0 Å². The summed E-state index contributed by atoms with van der Waals surface area (Å²) in [5.74, 6) is 0. The molecule has 0 N–H and O–H groups in total. The fourth-order valence-corrected chi connectivity index (χ4v) is 0.968. The molecule has 75 valence electrons. The molecule has 6 heteroatoms. The fraction of sp³-hybridized carbons (Fsp3) is 0.125. The lowest BCUT2D eigenvalue weighted by Crippen LogP contribution is -2.08. The first-order valence-electron chi connectivity index (χ1n) is 3.50. The molecule has 0 aliphatic carbocycles. The Morgan fingerprint density at radius 1 is 1.36 bits per heavy atom. The predicted octanol–water partition coefficient (Wildman–Crippen LogP) is 2.80. The van der Waals surface area contributed by atoms with Crippen LogP contribution in [-0.2, 0) is 6.18 Å². The van der Waals surface area contributed by atoms with E-state index >= 15 is 0 Å². The molecule has 1 rings (SSSR count). The molecular formula is C8H5F3NO2. The van der Waals surface area contributed by atoms with Gasteiger partial charge in [-0.05, 0) is 18.6 Å². The molecule has 3 nitrogen and oxygen atoms in total. The van der Waals surface area contributed by atoms with Gasteiger partial charge in [-0.25, -0.2) is 0 Å². The van der Waals surface area contributed by atoms with E-state index in [4.69, 9.17) is 0 Å². The molecule has 1 aromatic carbocycles. The zero-order valence-corrected chi connectivity index (χ0v) is 6.84. The molecule has 1 aromatic rings. The molecule has 0 aliphatic heterocycles. The SMILES string of the molecule is [CH2]c1ccc(C(F)(F)F)c([N+](=O)[O-])c1. The van der Waals surface area contributed by atoms with Gasteiger partial charge in [0.1, 0.15) is 5.56 Å². The molecule has 0 spiro atoms. The van der Waals surface area contributed by atoms with Gasteiger partial charge in [0, 0.05) is 6.07 Å². The van der Waals surface area contributed by atoms with Crippen molar-refractivity contribution >= 4 is 5.69 Å². The van der Waals surface area contributed by atoms with Gasteiger partial charge in [-0.15, -0.1) is 0 Å². The van der Waals surface area contributed by atoms with E-state index in [1.807, 2.05) is 0 Å². The molecule has 0 unspecified atom stereocenters. The number of alkyl halides is 3. The van der Waals surface area contributed by atoms with Gasteiger partial charge in [0.15, 0.2) is 0 Å². The van der Waals surface area contributed by atoms with E-state index < -0.39 is 22.4 Å². The molecule has 0 amide bonds. The molecular weight excluding hydrogens is 199 g/mol. The van der Waals surface area contributed by atoms with Crippen molar-refractivity contribution in [1.82, 2.24) is 0 Å². The Labute approximate surface area is 77.3 Å². The Morgan fingerprint density at radius 3 is 2.36 bits per heavy atom. The summed E-state index contributed by atoms with van der Waals surface area (Å²) in [7, 11) is 0. The number of benzene rings is 1. The summed E-state index contributed by atoms with van der Waals surface area (Å²) in [6.45, 7) is 3.31. The second-order valence-electron chi connectivity index (χ2n) is 2.61. The van der Waals surface area contributed by atoms with Gasteiger partial charge in [0.2, 0.25) is 0 Å². The first-order chi connectivity index (χ1) is 6.32. The predicted molar refractivity (Wildman–Crippen MR) is 42.6 cm³/mol. The van der Waals surface area contributed by atoms with Crippen LogP contribution in [0.2, 0.25) is 0 Å². The average Bonchev–Trinajstić information content (AvgIpc) is 2.01. The number of nitrogens with zero attached hydrogens (tertiary/aromatic N) is 1. The number of nitro groups is 1. The third kappa shape index (κ3) is 2.01. The minimum absolute atomic E-state index is 0.171. The minimum atomic E-state index is -4.71. The zero-order valence-electron chi connectivity index (χ0n) is 6.84. The maximum atomic E-state index is 12.2. The largest absolute Gasteiger partial charge is 0.422 e. The monoisotopic (exact) mass is 204 g/mol. The Hall–Kier alpha value is -1.59. The second kappa shape index (κ2) is 3.28. The minimum Gasteiger partial charge on any atom is -0.258 e. The van der Waals surface area contributed by atoms with E-state index in [-0.39, 0.29) is 5.56 Å². The zero-order chi connectivity index (χ0) is 10.9. The van der Waals surface area contributed by atoms with Crippen molar-refractivity contribution in [2.75, 3.05) is 0 Å². The summed E-state index contributed by atoms with van der Waals surface area (Å²) < 4.78 is 36.6. The van der Waals surface area contributed by atoms with Crippen LogP contribution in [0.5, 0.6) is 0 Å². The van der Waals surface area contributed by atoms with Crippen LogP contribution in [0.15, 0.2) is 18.2 Å². The molecule has 14 heavy (non-hydrogen) atoms. The molecule has 0 atom stereocenters. The summed E-state index contributed by atoms with van der Waals surface area (Å²) >= 11 is 0. The normalized spacial score (nSPS) is 11.4. The van der Waals surface area contributed by atoms with Crippen LogP contribution < -0.4 is 0 Å². The standard InChI is InChI=1S/C8H5F3NO2/c1-5-2-3-6(8(9,10)11)7(4-5)12(13)14/h2-4H,1H2. The summed E-state index contributed by atoms with van der Waals surface area (Å²) in [6, 6.07) is 2.53. The summed E-state index contributed by atoms with van der Waals surface area (Å²) in [4.78, 5) is 9.23. The average molecular weight is 204 g/mol. The fourth-order valence-electron chi connectivity index (χ4n) is 0.968. The van der Waals surface area contributed by atoms with Crippen LogP contribution in [0.3, 0.4) is 0 Å². The van der Waals surface area contributed by atoms with E-state index in [1.54, 1.807) is 0 Å². The Balaban J connectivity index is 3.37. The quantitative estimate of drug-likeness (QED) is 0.521. The molecule has 0 saturated heterocycles. The number of rotatable bonds is 1. The molecule has 0 aliphatic rings. The van der Waals surface area contributed by atoms with Gasteiger partial charge in [-0.1, -0.05) is 6.07 Å². The first kappa shape index (κ1) is 10.5. The third-order valence-corrected chi connectivity index (χ3v) is 1.56. The maximum Gasteiger partial charge on any atom is 0.422 e. The van der Waals surface area contributed by atoms with Gasteiger partial charge in [0.05, 0.1) is 4.92 Å². The lowest BCUT2D eigenvalue weighted by Gasteiger charge is -2.07. The highest BCUT2D eigenvalue weighted by Crippen LogP contribution is 2.36. The van der Waals surface area contributed by atoms with Gasteiger partial charge >= 0.3 is 6.18 Å². The Bertz CT molecular complexity index is 373. The highest BCUT2D eigenvalue weighted by Gasteiger charge is 2.37. The first-order valence-corrected chi connectivity index (χ1v) is 3.50. The van der Waals surface area contributed by atoms with E-state index in [9.17, 15) is 23.3 Å².